The third-order valence-corrected chi connectivity index (χ3v) is 7.78. The molecule has 13 nitrogen and oxygen atoms in total. The molecule has 2 aliphatic rings. The van der Waals surface area contributed by atoms with Crippen molar-refractivity contribution in [3.05, 3.63) is 35.9 Å². The maximum absolute atomic E-state index is 16.6. The van der Waals surface area contributed by atoms with Crippen LogP contribution in [0.25, 0.3) is 21.9 Å². The average Bonchev–Trinajstić information content (AvgIpc) is 3.44. The van der Waals surface area contributed by atoms with Crippen molar-refractivity contribution in [2.45, 2.75) is 85.0 Å². The molecule has 3 N–H and O–H groups in total. The van der Waals surface area contributed by atoms with Crippen LogP contribution in [-0.2, 0) is 9.47 Å². The molecule has 1 aliphatic carbocycles. The van der Waals surface area contributed by atoms with E-state index in [0.29, 0.717) is 35.0 Å². The fraction of sp³-hybridized carbons (Fsp3) is 0.471. The summed E-state index contributed by atoms with van der Waals surface area (Å²) in [5, 5.41) is 18.0. The SMILES string of the molecule is Cc1c(-c2cc3cc(NC(=O)NC4CC[C@H](C#N)C4)ncc3c(NC(=O)OC(C)(C)C)c2F)cnc2c1N(C(=O)OC(C)(C)C)CCO2. The Bertz CT molecular complexity index is 1810. The van der Waals surface area contributed by atoms with Gasteiger partial charge in [0, 0.05) is 40.9 Å². The van der Waals surface area contributed by atoms with Gasteiger partial charge in [-0.15, -0.1) is 0 Å². The normalized spacial score (nSPS) is 17.5. The first-order chi connectivity index (χ1) is 22.5. The molecular weight excluding hydrogens is 621 g/mol. The van der Waals surface area contributed by atoms with Crippen molar-refractivity contribution in [1.29, 1.82) is 5.26 Å². The number of urea groups is 1. The Kier molecular flexibility index (Phi) is 9.35. The van der Waals surface area contributed by atoms with Crippen LogP contribution >= 0.6 is 0 Å². The lowest BCUT2D eigenvalue weighted by molar-refractivity contribution is 0.0564. The summed E-state index contributed by atoms with van der Waals surface area (Å²) in [6.45, 7) is 12.5. The molecule has 1 aromatic carbocycles. The fourth-order valence-corrected chi connectivity index (χ4v) is 5.74. The largest absolute Gasteiger partial charge is 0.474 e. The van der Waals surface area contributed by atoms with Gasteiger partial charge in [0.15, 0.2) is 5.82 Å². The molecule has 3 heterocycles. The second kappa shape index (κ2) is 13.1. The number of nitrogens with one attached hydrogen (secondary N) is 3. The molecule has 3 aromatic rings. The smallest absolute Gasteiger partial charge is 0.415 e. The van der Waals surface area contributed by atoms with Crippen LogP contribution in [-0.4, -0.2) is 58.6 Å². The van der Waals surface area contributed by atoms with E-state index in [1.54, 1.807) is 60.6 Å². The highest BCUT2D eigenvalue weighted by Crippen LogP contribution is 2.42. The maximum atomic E-state index is 16.6. The lowest BCUT2D eigenvalue weighted by Crippen LogP contribution is -2.42. The van der Waals surface area contributed by atoms with E-state index < -0.39 is 35.2 Å². The third kappa shape index (κ3) is 7.67. The van der Waals surface area contributed by atoms with Gasteiger partial charge in [-0.1, -0.05) is 0 Å². The van der Waals surface area contributed by atoms with E-state index in [1.165, 1.54) is 17.3 Å². The number of fused-ring (bicyclic) bond motifs is 2. The van der Waals surface area contributed by atoms with Crippen molar-refractivity contribution in [2.75, 3.05) is 28.7 Å². The van der Waals surface area contributed by atoms with Crippen LogP contribution in [0.4, 0.5) is 36.0 Å². The van der Waals surface area contributed by atoms with E-state index in [2.05, 4.69) is 32.0 Å². The Morgan fingerprint density at radius 1 is 1.02 bits per heavy atom. The Hall–Kier alpha value is -5.19. The zero-order valence-electron chi connectivity index (χ0n) is 28.1. The minimum Gasteiger partial charge on any atom is -0.474 e. The predicted octanol–water partition coefficient (Wildman–Crippen LogP) is 7.04. The van der Waals surface area contributed by atoms with Crippen LogP contribution in [0.2, 0.25) is 0 Å². The lowest BCUT2D eigenvalue weighted by Gasteiger charge is -2.32. The number of aromatic nitrogens is 2. The molecule has 14 heteroatoms. The van der Waals surface area contributed by atoms with E-state index in [4.69, 9.17) is 14.2 Å². The summed E-state index contributed by atoms with van der Waals surface area (Å²) in [7, 11) is 0. The minimum absolute atomic E-state index is 0.0613. The molecule has 254 valence electrons. The van der Waals surface area contributed by atoms with E-state index in [9.17, 15) is 19.6 Å². The number of rotatable bonds is 4. The van der Waals surface area contributed by atoms with Gasteiger partial charge in [0.25, 0.3) is 0 Å². The maximum Gasteiger partial charge on any atom is 0.415 e. The monoisotopic (exact) mass is 661 g/mol. The minimum atomic E-state index is -0.876. The highest BCUT2D eigenvalue weighted by atomic mass is 19.1. The molecule has 1 fully saturated rings. The van der Waals surface area contributed by atoms with Crippen molar-refractivity contribution >= 4 is 46.2 Å². The molecule has 1 unspecified atom stereocenters. The number of nitrogens with zero attached hydrogens (tertiary/aromatic N) is 4. The van der Waals surface area contributed by atoms with Crippen molar-refractivity contribution in [1.82, 2.24) is 15.3 Å². The summed E-state index contributed by atoms with van der Waals surface area (Å²) in [5.41, 5.74) is -0.574. The fourth-order valence-electron chi connectivity index (χ4n) is 5.74. The van der Waals surface area contributed by atoms with Crippen molar-refractivity contribution < 1.29 is 33.0 Å². The Morgan fingerprint density at radius 3 is 2.42 bits per heavy atom. The summed E-state index contributed by atoms with van der Waals surface area (Å²) in [6.07, 6.45) is 3.31. The topological polar surface area (TPSA) is 168 Å². The van der Waals surface area contributed by atoms with Gasteiger partial charge < -0.3 is 19.5 Å². The average molecular weight is 662 g/mol. The Morgan fingerprint density at radius 2 is 1.75 bits per heavy atom. The molecule has 0 bridgehead atoms. The second-order valence-electron chi connectivity index (χ2n) is 13.9. The van der Waals surface area contributed by atoms with Gasteiger partial charge >= 0.3 is 18.2 Å². The first kappa shape index (κ1) is 34.2. The molecule has 48 heavy (non-hydrogen) atoms. The number of hydrogen-bond acceptors (Lipinski definition) is 9. The Labute approximate surface area is 278 Å². The summed E-state index contributed by atoms with van der Waals surface area (Å²) in [6, 6.07) is 4.73. The number of hydrogen-bond donors (Lipinski definition) is 3. The molecule has 2 atom stereocenters. The van der Waals surface area contributed by atoms with E-state index in [0.717, 1.165) is 6.42 Å². The number of amides is 4. The summed E-state index contributed by atoms with van der Waals surface area (Å²) in [4.78, 5) is 49.0. The summed E-state index contributed by atoms with van der Waals surface area (Å²) >= 11 is 0. The quantitative estimate of drug-likeness (QED) is 0.266. The molecule has 0 radical (unpaired) electrons. The Balaban J connectivity index is 1.57. The van der Waals surface area contributed by atoms with Gasteiger partial charge in [-0.25, -0.2) is 28.7 Å². The van der Waals surface area contributed by atoms with Crippen molar-refractivity contribution in [3.63, 3.8) is 0 Å². The molecule has 5 rings (SSSR count). The lowest BCUT2D eigenvalue weighted by atomic mass is 9.96. The van der Waals surface area contributed by atoms with Gasteiger partial charge in [-0.2, -0.15) is 5.26 Å². The van der Waals surface area contributed by atoms with Crippen molar-refractivity contribution in [3.8, 4) is 23.1 Å². The van der Waals surface area contributed by atoms with E-state index in [-0.39, 0.29) is 53.4 Å². The van der Waals surface area contributed by atoms with E-state index in [1.807, 2.05) is 0 Å². The molecule has 4 amide bonds. The summed E-state index contributed by atoms with van der Waals surface area (Å²) in [5.74, 6) is -0.498. The number of anilines is 3. The molecule has 1 saturated carbocycles. The molecule has 0 saturated heterocycles. The molecular formula is C34H40FN7O6. The van der Waals surface area contributed by atoms with Gasteiger partial charge in [-0.3, -0.25) is 15.5 Å². The first-order valence-corrected chi connectivity index (χ1v) is 15.8. The number of carbonyl (C=O) groups is 3. The van der Waals surface area contributed by atoms with Crippen LogP contribution in [0.5, 0.6) is 5.88 Å². The van der Waals surface area contributed by atoms with Crippen molar-refractivity contribution in [2.24, 2.45) is 5.92 Å². The number of nitriles is 1. The van der Waals surface area contributed by atoms with E-state index >= 15 is 4.39 Å². The highest BCUT2D eigenvalue weighted by Gasteiger charge is 2.33. The zero-order chi connectivity index (χ0) is 35.0. The number of halogens is 1. The van der Waals surface area contributed by atoms with Gasteiger partial charge in [0.1, 0.15) is 29.3 Å². The number of carbonyl (C=O) groups excluding carboxylic acids is 3. The van der Waals surface area contributed by atoms with Crippen LogP contribution in [0, 0.1) is 30.0 Å². The standard InChI is InChI=1S/C34H40FN7O6/c1-18-23(16-38-29-28(18)42(10-11-46-29)32(45)48-34(5,6)7)22-13-20-14-25(40-30(43)39-21-9-8-19(12-21)15-36)37-17-24(20)27(26(22)35)41-31(44)47-33(2,3)4/h13-14,16-17,19,21H,8-12H2,1-7H3,(H,41,44)(H2,37,39,40,43)/t19-,21?/m0/s1. The number of benzene rings is 1. The zero-order valence-corrected chi connectivity index (χ0v) is 28.1. The number of ether oxygens (including phenoxy) is 3. The molecule has 2 aromatic heterocycles. The second-order valence-corrected chi connectivity index (χ2v) is 13.9. The third-order valence-electron chi connectivity index (χ3n) is 7.78. The van der Waals surface area contributed by atoms with Crippen LogP contribution in [0.1, 0.15) is 66.4 Å². The van der Waals surface area contributed by atoms with Gasteiger partial charge in [0.2, 0.25) is 5.88 Å². The van der Waals surface area contributed by atoms with Crippen LogP contribution in [0.15, 0.2) is 24.5 Å². The number of pyridine rings is 2. The van der Waals surface area contributed by atoms with Crippen LogP contribution < -0.4 is 25.6 Å². The predicted molar refractivity (Wildman–Crippen MR) is 177 cm³/mol. The van der Waals surface area contributed by atoms with Gasteiger partial charge in [0.05, 0.1) is 18.3 Å². The first-order valence-electron chi connectivity index (χ1n) is 15.8. The highest BCUT2D eigenvalue weighted by molar-refractivity contribution is 6.05. The molecule has 0 spiro atoms. The molecule has 1 aliphatic heterocycles. The van der Waals surface area contributed by atoms with Gasteiger partial charge in [-0.05, 0) is 90.8 Å². The summed E-state index contributed by atoms with van der Waals surface area (Å²) < 4.78 is 33.4. The van der Waals surface area contributed by atoms with Crippen LogP contribution in [0.3, 0.4) is 0 Å².